The van der Waals surface area contributed by atoms with Crippen molar-refractivity contribution in [2.75, 3.05) is 7.11 Å². The lowest BCUT2D eigenvalue weighted by Gasteiger charge is -2.06. The van der Waals surface area contributed by atoms with Crippen LogP contribution in [-0.4, -0.2) is 13.0 Å². The van der Waals surface area contributed by atoms with Gasteiger partial charge in [-0.3, -0.25) is 4.79 Å². The molecule has 0 saturated heterocycles. The standard InChI is InChI=1S/C18H16BrNO3/c1-22-11-13-4-2-3-12(7-13)10-20-18(21)17-9-14-8-15(19)5-6-16(14)23-17/h2-9H,10-11H2,1H3,(H,20,21). The van der Waals surface area contributed by atoms with Gasteiger partial charge in [0.05, 0.1) is 6.61 Å². The van der Waals surface area contributed by atoms with E-state index in [1.165, 1.54) is 0 Å². The molecule has 0 radical (unpaired) electrons. The number of ether oxygens (including phenoxy) is 1. The Labute approximate surface area is 142 Å². The molecule has 0 aliphatic rings. The smallest absolute Gasteiger partial charge is 0.287 e. The van der Waals surface area contributed by atoms with Gasteiger partial charge in [0.2, 0.25) is 0 Å². The van der Waals surface area contributed by atoms with Crippen LogP contribution < -0.4 is 5.32 Å². The molecule has 1 aromatic heterocycles. The van der Waals surface area contributed by atoms with Crippen LogP contribution in [0.1, 0.15) is 21.7 Å². The predicted octanol–water partition coefficient (Wildman–Crippen LogP) is 4.27. The van der Waals surface area contributed by atoms with Crippen LogP contribution in [0.5, 0.6) is 0 Å². The lowest BCUT2D eigenvalue weighted by Crippen LogP contribution is -2.22. The third-order valence-corrected chi connectivity index (χ3v) is 3.95. The van der Waals surface area contributed by atoms with E-state index in [0.717, 1.165) is 21.0 Å². The molecule has 0 aliphatic heterocycles. The molecule has 2 aromatic carbocycles. The third-order valence-electron chi connectivity index (χ3n) is 3.46. The molecule has 23 heavy (non-hydrogen) atoms. The van der Waals surface area contributed by atoms with Crippen molar-refractivity contribution in [1.82, 2.24) is 5.32 Å². The van der Waals surface area contributed by atoms with E-state index >= 15 is 0 Å². The van der Waals surface area contributed by atoms with Gasteiger partial charge in [0, 0.05) is 23.5 Å². The second kappa shape index (κ2) is 6.98. The summed E-state index contributed by atoms with van der Waals surface area (Å²) in [7, 11) is 1.66. The van der Waals surface area contributed by atoms with Gasteiger partial charge in [0.15, 0.2) is 5.76 Å². The second-order valence-corrected chi connectivity index (χ2v) is 6.14. The zero-order valence-corrected chi connectivity index (χ0v) is 14.2. The predicted molar refractivity (Wildman–Crippen MR) is 92.2 cm³/mol. The molecule has 0 fully saturated rings. The molecule has 0 spiro atoms. The van der Waals surface area contributed by atoms with Gasteiger partial charge >= 0.3 is 0 Å². The number of rotatable bonds is 5. The van der Waals surface area contributed by atoms with Crippen LogP contribution in [0.3, 0.4) is 0 Å². The Balaban J connectivity index is 1.69. The van der Waals surface area contributed by atoms with Crippen LogP contribution in [0.4, 0.5) is 0 Å². The van der Waals surface area contributed by atoms with Crippen molar-refractivity contribution in [3.05, 3.63) is 69.9 Å². The minimum Gasteiger partial charge on any atom is -0.451 e. The summed E-state index contributed by atoms with van der Waals surface area (Å²) in [5.74, 6) is 0.0839. The van der Waals surface area contributed by atoms with Gasteiger partial charge in [-0.1, -0.05) is 40.2 Å². The van der Waals surface area contributed by atoms with Gasteiger partial charge < -0.3 is 14.5 Å². The fraction of sp³-hybridized carbons (Fsp3) is 0.167. The Morgan fingerprint density at radius 3 is 2.83 bits per heavy atom. The number of nitrogens with one attached hydrogen (secondary N) is 1. The Morgan fingerprint density at radius 2 is 2.00 bits per heavy atom. The van der Waals surface area contributed by atoms with Crippen molar-refractivity contribution >= 4 is 32.8 Å². The molecule has 4 nitrogen and oxygen atoms in total. The summed E-state index contributed by atoms with van der Waals surface area (Å²) in [5, 5.41) is 3.77. The number of fused-ring (bicyclic) bond motifs is 1. The summed E-state index contributed by atoms with van der Waals surface area (Å²) in [4.78, 5) is 12.2. The molecular weight excluding hydrogens is 358 g/mol. The number of carbonyl (C=O) groups excluding carboxylic acids is 1. The van der Waals surface area contributed by atoms with Crippen molar-refractivity contribution < 1.29 is 13.9 Å². The molecule has 1 heterocycles. The molecule has 0 atom stereocenters. The van der Waals surface area contributed by atoms with E-state index in [9.17, 15) is 4.79 Å². The van der Waals surface area contributed by atoms with Crippen LogP contribution in [0.25, 0.3) is 11.0 Å². The summed E-state index contributed by atoms with van der Waals surface area (Å²) in [6.07, 6.45) is 0. The average molecular weight is 374 g/mol. The van der Waals surface area contributed by atoms with E-state index in [1.807, 2.05) is 42.5 Å². The lowest BCUT2D eigenvalue weighted by atomic mass is 10.1. The second-order valence-electron chi connectivity index (χ2n) is 5.23. The van der Waals surface area contributed by atoms with Crippen LogP contribution in [0, 0.1) is 0 Å². The van der Waals surface area contributed by atoms with Gasteiger partial charge in [-0.2, -0.15) is 0 Å². The van der Waals surface area contributed by atoms with E-state index < -0.39 is 0 Å². The third kappa shape index (κ3) is 3.81. The van der Waals surface area contributed by atoms with E-state index in [-0.39, 0.29) is 5.91 Å². The number of methoxy groups -OCH3 is 1. The summed E-state index contributed by atoms with van der Waals surface area (Å²) in [6.45, 7) is 0.997. The molecule has 0 saturated carbocycles. The fourth-order valence-corrected chi connectivity index (χ4v) is 2.77. The molecular formula is C18H16BrNO3. The highest BCUT2D eigenvalue weighted by atomic mass is 79.9. The normalized spacial score (nSPS) is 10.9. The van der Waals surface area contributed by atoms with E-state index in [4.69, 9.17) is 9.15 Å². The highest BCUT2D eigenvalue weighted by molar-refractivity contribution is 9.10. The highest BCUT2D eigenvalue weighted by Crippen LogP contribution is 2.23. The van der Waals surface area contributed by atoms with Gasteiger partial charge in [-0.25, -0.2) is 0 Å². The van der Waals surface area contributed by atoms with Crippen molar-refractivity contribution in [1.29, 1.82) is 0 Å². The Bertz CT molecular complexity index is 841. The van der Waals surface area contributed by atoms with E-state index in [1.54, 1.807) is 13.2 Å². The molecule has 3 rings (SSSR count). The maximum absolute atomic E-state index is 12.2. The van der Waals surface area contributed by atoms with Crippen molar-refractivity contribution in [2.45, 2.75) is 13.2 Å². The SMILES string of the molecule is COCc1cccc(CNC(=O)c2cc3cc(Br)ccc3o2)c1. The van der Waals surface area contributed by atoms with Crippen molar-refractivity contribution in [3.63, 3.8) is 0 Å². The molecule has 1 N–H and O–H groups in total. The zero-order chi connectivity index (χ0) is 16.2. The molecule has 118 valence electrons. The van der Waals surface area contributed by atoms with Gasteiger partial charge in [0.25, 0.3) is 5.91 Å². The monoisotopic (exact) mass is 373 g/mol. The molecule has 0 aliphatic carbocycles. The number of hydrogen-bond donors (Lipinski definition) is 1. The van der Waals surface area contributed by atoms with Gasteiger partial charge in [0.1, 0.15) is 5.58 Å². The number of halogens is 1. The number of carbonyl (C=O) groups is 1. The summed E-state index contributed by atoms with van der Waals surface area (Å²) in [5.41, 5.74) is 2.79. The quantitative estimate of drug-likeness (QED) is 0.726. The highest BCUT2D eigenvalue weighted by Gasteiger charge is 2.12. The van der Waals surface area contributed by atoms with Gasteiger partial charge in [-0.15, -0.1) is 0 Å². The average Bonchev–Trinajstić information content (AvgIpc) is 2.96. The minimum absolute atomic E-state index is 0.227. The first kappa shape index (κ1) is 15.8. The maximum atomic E-state index is 12.2. The van der Waals surface area contributed by atoms with Crippen LogP contribution in [-0.2, 0) is 17.9 Å². The molecule has 0 unspecified atom stereocenters. The number of amides is 1. The Hall–Kier alpha value is -2.11. The fourth-order valence-electron chi connectivity index (χ4n) is 2.39. The maximum Gasteiger partial charge on any atom is 0.287 e. The van der Waals surface area contributed by atoms with Crippen molar-refractivity contribution in [2.24, 2.45) is 0 Å². The number of hydrogen-bond acceptors (Lipinski definition) is 3. The first-order chi connectivity index (χ1) is 11.2. The first-order valence-corrected chi connectivity index (χ1v) is 7.99. The summed E-state index contributed by atoms with van der Waals surface area (Å²) >= 11 is 3.41. The molecule has 0 bridgehead atoms. The van der Waals surface area contributed by atoms with E-state index in [0.29, 0.717) is 24.5 Å². The number of furan rings is 1. The van der Waals surface area contributed by atoms with Gasteiger partial charge in [-0.05, 0) is 35.4 Å². The summed E-state index contributed by atoms with van der Waals surface area (Å²) in [6, 6.07) is 15.3. The zero-order valence-electron chi connectivity index (χ0n) is 12.6. The minimum atomic E-state index is -0.227. The van der Waals surface area contributed by atoms with Crippen LogP contribution in [0.15, 0.2) is 57.4 Å². The molecule has 1 amide bonds. The Kier molecular flexibility index (Phi) is 4.79. The molecule has 5 heteroatoms. The van der Waals surface area contributed by atoms with Crippen molar-refractivity contribution in [3.8, 4) is 0 Å². The molecule has 3 aromatic rings. The topological polar surface area (TPSA) is 51.5 Å². The van der Waals surface area contributed by atoms with Crippen LogP contribution >= 0.6 is 15.9 Å². The Morgan fingerprint density at radius 1 is 1.17 bits per heavy atom. The van der Waals surface area contributed by atoms with E-state index in [2.05, 4.69) is 21.2 Å². The van der Waals surface area contributed by atoms with Crippen LogP contribution in [0.2, 0.25) is 0 Å². The number of benzene rings is 2. The first-order valence-electron chi connectivity index (χ1n) is 7.20. The summed E-state index contributed by atoms with van der Waals surface area (Å²) < 4.78 is 11.6. The lowest BCUT2D eigenvalue weighted by molar-refractivity contribution is 0.0925. The largest absolute Gasteiger partial charge is 0.451 e.